The van der Waals surface area contributed by atoms with Crippen LogP contribution in [0, 0.1) is 11.3 Å². The van der Waals surface area contributed by atoms with Gasteiger partial charge >= 0.3 is 0 Å². The molecule has 0 amide bonds. The molecule has 0 aromatic heterocycles. The Kier molecular flexibility index (Phi) is 7.77. The number of hydrogen-bond acceptors (Lipinski definition) is 6. The fourth-order valence-electron chi connectivity index (χ4n) is 5.13. The first-order chi connectivity index (χ1) is 14.4. The van der Waals surface area contributed by atoms with E-state index in [0.29, 0.717) is 37.5 Å². The van der Waals surface area contributed by atoms with Gasteiger partial charge in [0.25, 0.3) is 0 Å². The maximum absolute atomic E-state index is 11.1. The van der Waals surface area contributed by atoms with Gasteiger partial charge in [0.05, 0.1) is 19.8 Å². The van der Waals surface area contributed by atoms with Gasteiger partial charge in [-0.3, -0.25) is 9.69 Å². The Morgan fingerprint density at radius 2 is 2.00 bits per heavy atom. The Hall–Kier alpha value is -1.63. The van der Waals surface area contributed by atoms with Gasteiger partial charge in [0.15, 0.2) is 24.0 Å². The van der Waals surface area contributed by atoms with Crippen LogP contribution in [0.2, 0.25) is 0 Å². The predicted molar refractivity (Wildman–Crippen MR) is 116 cm³/mol. The molecular formula is C24H37NO5. The van der Waals surface area contributed by atoms with Crippen molar-refractivity contribution >= 4 is 6.29 Å². The minimum atomic E-state index is -1.15. The SMILES string of the molecule is COc1ccc([C@@H]2CN(C(O)C=O)C[C@@]2(C)[C@@H](C)O)cc1OCCCC1CCCC1. The Balaban J connectivity index is 1.73. The first-order valence-corrected chi connectivity index (χ1v) is 11.2. The van der Waals surface area contributed by atoms with Crippen LogP contribution >= 0.6 is 0 Å². The number of aldehydes is 1. The molecule has 6 nitrogen and oxygen atoms in total. The van der Waals surface area contributed by atoms with Gasteiger partial charge in [-0.25, -0.2) is 0 Å². The number of aliphatic hydroxyl groups is 2. The van der Waals surface area contributed by atoms with E-state index >= 15 is 0 Å². The first-order valence-electron chi connectivity index (χ1n) is 11.2. The predicted octanol–water partition coefficient (Wildman–Crippen LogP) is 3.35. The van der Waals surface area contributed by atoms with Crippen LogP contribution in [0.4, 0.5) is 0 Å². The summed E-state index contributed by atoms with van der Waals surface area (Å²) in [5.74, 6) is 2.21. The summed E-state index contributed by atoms with van der Waals surface area (Å²) in [6, 6.07) is 5.89. The van der Waals surface area contributed by atoms with Crippen molar-refractivity contribution in [1.82, 2.24) is 4.90 Å². The fraction of sp³-hybridized carbons (Fsp3) is 0.708. The molecule has 3 rings (SSSR count). The molecule has 1 aromatic carbocycles. The number of ether oxygens (including phenoxy) is 2. The van der Waals surface area contributed by atoms with Crippen molar-refractivity contribution in [3.05, 3.63) is 23.8 Å². The van der Waals surface area contributed by atoms with E-state index in [1.165, 1.54) is 32.1 Å². The third-order valence-corrected chi connectivity index (χ3v) is 7.29. The number of carbonyl (C=O) groups excluding carboxylic acids is 1. The average molecular weight is 420 g/mol. The summed E-state index contributed by atoms with van der Waals surface area (Å²) in [6.45, 7) is 5.37. The second-order valence-corrected chi connectivity index (χ2v) is 9.26. The van der Waals surface area contributed by atoms with Crippen molar-refractivity contribution in [2.45, 2.75) is 70.6 Å². The number of aliphatic hydroxyl groups excluding tert-OH is 2. The Morgan fingerprint density at radius 1 is 1.27 bits per heavy atom. The number of methoxy groups -OCH3 is 1. The number of benzene rings is 1. The van der Waals surface area contributed by atoms with E-state index in [9.17, 15) is 15.0 Å². The summed E-state index contributed by atoms with van der Waals surface area (Å²) in [4.78, 5) is 12.8. The van der Waals surface area contributed by atoms with Crippen molar-refractivity contribution in [3.8, 4) is 11.5 Å². The minimum absolute atomic E-state index is 0.0427. The van der Waals surface area contributed by atoms with E-state index in [4.69, 9.17) is 9.47 Å². The van der Waals surface area contributed by atoms with Crippen LogP contribution in [0.5, 0.6) is 11.5 Å². The third kappa shape index (κ3) is 4.98. The molecule has 1 saturated carbocycles. The van der Waals surface area contributed by atoms with Crippen LogP contribution in [-0.4, -0.2) is 60.5 Å². The molecule has 30 heavy (non-hydrogen) atoms. The zero-order chi connectivity index (χ0) is 21.7. The van der Waals surface area contributed by atoms with E-state index < -0.39 is 17.7 Å². The van der Waals surface area contributed by atoms with Gasteiger partial charge in [0.2, 0.25) is 0 Å². The topological polar surface area (TPSA) is 79.2 Å². The van der Waals surface area contributed by atoms with Gasteiger partial charge in [-0.05, 0) is 43.4 Å². The highest BCUT2D eigenvalue weighted by molar-refractivity contribution is 5.55. The van der Waals surface area contributed by atoms with Gasteiger partial charge in [-0.15, -0.1) is 0 Å². The van der Waals surface area contributed by atoms with Crippen molar-refractivity contribution in [3.63, 3.8) is 0 Å². The zero-order valence-electron chi connectivity index (χ0n) is 18.5. The van der Waals surface area contributed by atoms with Crippen LogP contribution in [0.3, 0.4) is 0 Å². The standard InChI is InChI=1S/C24H37NO5/c1-17(27)24(2)16-25(23(28)15-26)14-20(24)19-10-11-21(29-3)22(13-19)30-12-6-9-18-7-4-5-8-18/h10-11,13,15,17-18,20,23,27-28H,4-9,12,14,16H2,1-3H3/t17-,20+,23?,24+/m1/s1. The quantitative estimate of drug-likeness (QED) is 0.447. The van der Waals surface area contributed by atoms with E-state index in [0.717, 1.165) is 17.9 Å². The second-order valence-electron chi connectivity index (χ2n) is 9.26. The summed E-state index contributed by atoms with van der Waals surface area (Å²) in [6.07, 6.45) is 6.46. The molecule has 1 heterocycles. The second kappa shape index (κ2) is 10.1. The molecular weight excluding hydrogens is 382 g/mol. The Labute approximate surface area is 180 Å². The van der Waals surface area contributed by atoms with Crippen molar-refractivity contribution < 1.29 is 24.5 Å². The zero-order valence-corrected chi connectivity index (χ0v) is 18.5. The first kappa shape index (κ1) is 23.0. The average Bonchev–Trinajstić information content (AvgIpc) is 3.39. The van der Waals surface area contributed by atoms with Crippen molar-refractivity contribution in [1.29, 1.82) is 0 Å². The van der Waals surface area contributed by atoms with Gasteiger partial charge in [0, 0.05) is 24.4 Å². The van der Waals surface area contributed by atoms with Crippen LogP contribution in [-0.2, 0) is 4.79 Å². The largest absolute Gasteiger partial charge is 0.493 e. The lowest BCUT2D eigenvalue weighted by Gasteiger charge is -2.34. The van der Waals surface area contributed by atoms with E-state index in [2.05, 4.69) is 0 Å². The molecule has 0 spiro atoms. The summed E-state index contributed by atoms with van der Waals surface area (Å²) in [5, 5.41) is 20.5. The molecule has 6 heteroatoms. The smallest absolute Gasteiger partial charge is 0.163 e. The van der Waals surface area contributed by atoms with Crippen LogP contribution < -0.4 is 9.47 Å². The normalized spacial score (nSPS) is 27.2. The molecule has 1 aliphatic heterocycles. The fourth-order valence-corrected chi connectivity index (χ4v) is 5.13. The molecule has 0 radical (unpaired) electrons. The number of carbonyl (C=O) groups is 1. The highest BCUT2D eigenvalue weighted by Crippen LogP contribution is 2.47. The Bertz CT molecular complexity index is 703. The number of nitrogens with zero attached hydrogens (tertiary/aromatic N) is 1. The summed E-state index contributed by atoms with van der Waals surface area (Å²) < 4.78 is 11.6. The van der Waals surface area contributed by atoms with Crippen LogP contribution in [0.25, 0.3) is 0 Å². The lowest BCUT2D eigenvalue weighted by molar-refractivity contribution is -0.123. The van der Waals surface area contributed by atoms with Crippen LogP contribution in [0.1, 0.15) is 63.9 Å². The lowest BCUT2D eigenvalue weighted by atomic mass is 9.72. The number of rotatable bonds is 10. The van der Waals surface area contributed by atoms with Crippen molar-refractivity contribution in [2.75, 3.05) is 26.8 Å². The molecule has 168 valence electrons. The molecule has 2 N–H and O–H groups in total. The molecule has 2 aliphatic rings. The molecule has 0 bridgehead atoms. The highest BCUT2D eigenvalue weighted by Gasteiger charge is 2.48. The van der Waals surface area contributed by atoms with E-state index in [1.54, 1.807) is 18.9 Å². The van der Waals surface area contributed by atoms with Gasteiger partial charge in [-0.2, -0.15) is 0 Å². The summed E-state index contributed by atoms with van der Waals surface area (Å²) in [5.41, 5.74) is 0.531. The molecule has 4 atom stereocenters. The minimum Gasteiger partial charge on any atom is -0.493 e. The van der Waals surface area contributed by atoms with Gasteiger partial charge in [-0.1, -0.05) is 38.7 Å². The van der Waals surface area contributed by atoms with E-state index in [1.807, 2.05) is 25.1 Å². The monoisotopic (exact) mass is 419 g/mol. The third-order valence-electron chi connectivity index (χ3n) is 7.29. The number of hydrogen-bond donors (Lipinski definition) is 2. The maximum Gasteiger partial charge on any atom is 0.163 e. The molecule has 1 unspecified atom stereocenters. The van der Waals surface area contributed by atoms with E-state index in [-0.39, 0.29) is 5.92 Å². The molecule has 1 saturated heterocycles. The Morgan fingerprint density at radius 3 is 2.63 bits per heavy atom. The van der Waals surface area contributed by atoms with Gasteiger partial charge in [0.1, 0.15) is 0 Å². The maximum atomic E-state index is 11.1. The molecule has 2 fully saturated rings. The lowest BCUT2D eigenvalue weighted by Crippen LogP contribution is -2.39. The number of likely N-dealkylation sites (tertiary alicyclic amines) is 1. The van der Waals surface area contributed by atoms with Crippen molar-refractivity contribution in [2.24, 2.45) is 11.3 Å². The van der Waals surface area contributed by atoms with Gasteiger partial charge < -0.3 is 19.7 Å². The molecule has 1 aliphatic carbocycles. The summed E-state index contributed by atoms with van der Waals surface area (Å²) in [7, 11) is 1.64. The molecule has 1 aromatic rings. The summed E-state index contributed by atoms with van der Waals surface area (Å²) >= 11 is 0. The highest BCUT2D eigenvalue weighted by atomic mass is 16.5. The van der Waals surface area contributed by atoms with Crippen LogP contribution in [0.15, 0.2) is 18.2 Å².